The fraction of sp³-hybridized carbons (Fsp3) is 0.0870. The van der Waals surface area contributed by atoms with Crippen LogP contribution in [-0.4, -0.2) is 27.4 Å². The van der Waals surface area contributed by atoms with Crippen LogP contribution >= 0.6 is 23.4 Å². The first kappa shape index (κ1) is 21.1. The second-order valence-electron chi connectivity index (χ2n) is 6.66. The van der Waals surface area contributed by atoms with Crippen LogP contribution in [0, 0.1) is 5.82 Å². The van der Waals surface area contributed by atoms with Crippen molar-refractivity contribution in [3.05, 3.63) is 94.8 Å². The lowest BCUT2D eigenvalue weighted by Gasteiger charge is -2.10. The third kappa shape index (κ3) is 5.13. The summed E-state index contributed by atoms with van der Waals surface area (Å²) in [5.74, 6) is -0.599. The normalized spacial score (nSPS) is 11.3. The Balaban J connectivity index is 1.47. The third-order valence-corrected chi connectivity index (χ3v) is 5.88. The number of hydrogen-bond donors (Lipinski definition) is 1. The molecular weight excluding hydrogens is 435 g/mol. The molecule has 1 amide bonds. The predicted molar refractivity (Wildman–Crippen MR) is 123 cm³/mol. The fourth-order valence-corrected chi connectivity index (χ4v) is 4.03. The van der Waals surface area contributed by atoms with Gasteiger partial charge in [0.1, 0.15) is 5.82 Å². The fourth-order valence-electron chi connectivity index (χ4n) is 3.03. The summed E-state index contributed by atoms with van der Waals surface area (Å²) in [4.78, 5) is 16.9. The molecule has 1 aromatic heterocycles. The number of para-hydroxylation sites is 2. The van der Waals surface area contributed by atoms with Crippen LogP contribution in [0.2, 0.25) is 5.02 Å². The zero-order chi connectivity index (χ0) is 21.6. The number of rotatable bonds is 7. The molecule has 3 aromatic carbocycles. The average Bonchev–Trinajstić information content (AvgIpc) is 3.13. The first-order valence-corrected chi connectivity index (χ1v) is 10.9. The molecule has 0 fully saturated rings. The Bertz CT molecular complexity index is 1260. The molecule has 1 N–H and O–H groups in total. The zero-order valence-electron chi connectivity index (χ0n) is 16.3. The first-order chi connectivity index (χ1) is 15.1. The average molecular weight is 453 g/mol. The van der Waals surface area contributed by atoms with Gasteiger partial charge in [-0.25, -0.2) is 14.8 Å². The van der Waals surface area contributed by atoms with E-state index in [0.717, 1.165) is 16.6 Å². The van der Waals surface area contributed by atoms with Gasteiger partial charge >= 0.3 is 0 Å². The van der Waals surface area contributed by atoms with Crippen LogP contribution in [0.5, 0.6) is 0 Å². The minimum atomic E-state index is -0.400. The van der Waals surface area contributed by atoms with E-state index in [1.165, 1.54) is 24.0 Å². The molecule has 5 nitrogen and oxygen atoms in total. The molecule has 0 spiro atoms. The van der Waals surface area contributed by atoms with Crippen LogP contribution < -0.4 is 5.43 Å². The Labute approximate surface area is 187 Å². The molecule has 1 heterocycles. The molecular formula is C23H18ClFN4OS. The summed E-state index contributed by atoms with van der Waals surface area (Å²) in [6, 6.07) is 21.7. The number of thioether (sulfide) groups is 1. The predicted octanol–water partition coefficient (Wildman–Crippen LogP) is 5.12. The highest BCUT2D eigenvalue weighted by Gasteiger charge is 2.14. The van der Waals surface area contributed by atoms with E-state index in [1.807, 2.05) is 53.1 Å². The number of nitrogens with one attached hydrogen (secondary N) is 1. The molecule has 0 radical (unpaired) electrons. The number of hydrazone groups is 1. The molecule has 0 aliphatic carbocycles. The Morgan fingerprint density at radius 1 is 1.10 bits per heavy atom. The molecule has 0 unspecified atom stereocenters. The number of benzene rings is 3. The van der Waals surface area contributed by atoms with Crippen LogP contribution in [0.1, 0.15) is 11.1 Å². The van der Waals surface area contributed by atoms with Gasteiger partial charge in [0, 0.05) is 10.6 Å². The molecule has 0 aliphatic rings. The van der Waals surface area contributed by atoms with Crippen molar-refractivity contribution in [1.82, 2.24) is 15.0 Å². The number of nitrogens with zero attached hydrogens (tertiary/aromatic N) is 3. The smallest absolute Gasteiger partial charge is 0.250 e. The number of amides is 1. The zero-order valence-corrected chi connectivity index (χ0v) is 17.9. The lowest BCUT2D eigenvalue weighted by atomic mass is 10.2. The minimum Gasteiger partial charge on any atom is -0.314 e. The van der Waals surface area contributed by atoms with Gasteiger partial charge in [-0.05, 0) is 29.8 Å². The largest absolute Gasteiger partial charge is 0.314 e. The maximum Gasteiger partial charge on any atom is 0.250 e. The molecule has 8 heteroatoms. The van der Waals surface area contributed by atoms with E-state index >= 15 is 0 Å². The quantitative estimate of drug-likeness (QED) is 0.240. The van der Waals surface area contributed by atoms with E-state index in [1.54, 1.807) is 18.2 Å². The number of carbonyl (C=O) groups excluding carboxylic acids is 1. The third-order valence-electron chi connectivity index (χ3n) is 4.54. The molecule has 0 bridgehead atoms. The lowest BCUT2D eigenvalue weighted by molar-refractivity contribution is -0.118. The van der Waals surface area contributed by atoms with Gasteiger partial charge in [-0.1, -0.05) is 71.9 Å². The molecule has 31 heavy (non-hydrogen) atoms. The number of carbonyl (C=O) groups is 1. The first-order valence-electron chi connectivity index (χ1n) is 9.50. The van der Waals surface area contributed by atoms with Crippen molar-refractivity contribution in [1.29, 1.82) is 0 Å². The summed E-state index contributed by atoms with van der Waals surface area (Å²) in [7, 11) is 0. The Morgan fingerprint density at radius 2 is 1.84 bits per heavy atom. The standard InChI is InChI=1S/C23H18ClFN4OS/c24-18-9-3-1-8-17(18)14-29-21-12-6-5-11-20(21)27-23(29)31-15-22(30)28-26-13-16-7-2-4-10-19(16)25/h1-13H,14-15H2,(H,28,30)/b26-13-. The van der Waals surface area contributed by atoms with Gasteiger partial charge in [0.05, 0.1) is 29.5 Å². The van der Waals surface area contributed by atoms with Crippen molar-refractivity contribution < 1.29 is 9.18 Å². The van der Waals surface area contributed by atoms with Crippen molar-refractivity contribution >= 4 is 46.5 Å². The molecule has 0 aliphatic heterocycles. The van der Waals surface area contributed by atoms with Gasteiger partial charge in [0.25, 0.3) is 5.91 Å². The second-order valence-corrected chi connectivity index (χ2v) is 8.01. The van der Waals surface area contributed by atoms with E-state index in [9.17, 15) is 9.18 Å². The SMILES string of the molecule is O=C(CSc1nc2ccccc2n1Cc1ccccc1Cl)N/N=C\c1ccccc1F. The van der Waals surface area contributed by atoms with Gasteiger partial charge in [-0.15, -0.1) is 0 Å². The number of imidazole rings is 1. The van der Waals surface area contributed by atoms with Crippen LogP contribution in [-0.2, 0) is 11.3 Å². The summed E-state index contributed by atoms with van der Waals surface area (Å²) in [6.07, 6.45) is 1.28. The summed E-state index contributed by atoms with van der Waals surface area (Å²) in [5, 5.41) is 5.22. The van der Waals surface area contributed by atoms with E-state index in [2.05, 4.69) is 15.5 Å². The van der Waals surface area contributed by atoms with Crippen LogP contribution in [0.15, 0.2) is 83.1 Å². The highest BCUT2D eigenvalue weighted by atomic mass is 35.5. The molecule has 4 rings (SSSR count). The molecule has 0 saturated carbocycles. The molecule has 0 saturated heterocycles. The van der Waals surface area contributed by atoms with Crippen molar-refractivity contribution in [2.45, 2.75) is 11.7 Å². The van der Waals surface area contributed by atoms with E-state index in [-0.39, 0.29) is 11.7 Å². The van der Waals surface area contributed by atoms with Gasteiger partial charge in [0.15, 0.2) is 5.16 Å². The highest BCUT2D eigenvalue weighted by molar-refractivity contribution is 7.99. The lowest BCUT2D eigenvalue weighted by Crippen LogP contribution is -2.20. The van der Waals surface area contributed by atoms with Crippen molar-refractivity contribution in [2.75, 3.05) is 5.75 Å². The Kier molecular flexibility index (Phi) is 6.64. The van der Waals surface area contributed by atoms with Crippen LogP contribution in [0.25, 0.3) is 11.0 Å². The van der Waals surface area contributed by atoms with Crippen LogP contribution in [0.3, 0.4) is 0 Å². The monoisotopic (exact) mass is 452 g/mol. The van der Waals surface area contributed by atoms with E-state index < -0.39 is 5.82 Å². The number of hydrogen-bond acceptors (Lipinski definition) is 4. The van der Waals surface area contributed by atoms with E-state index in [0.29, 0.717) is 22.3 Å². The molecule has 0 atom stereocenters. The van der Waals surface area contributed by atoms with Gasteiger partial charge in [-0.3, -0.25) is 4.79 Å². The Morgan fingerprint density at radius 3 is 2.68 bits per heavy atom. The topological polar surface area (TPSA) is 59.3 Å². The van der Waals surface area contributed by atoms with Crippen molar-refractivity contribution in [2.24, 2.45) is 5.10 Å². The van der Waals surface area contributed by atoms with Gasteiger partial charge < -0.3 is 4.57 Å². The summed E-state index contributed by atoms with van der Waals surface area (Å²) in [5.41, 5.74) is 5.50. The number of aromatic nitrogens is 2. The summed E-state index contributed by atoms with van der Waals surface area (Å²) < 4.78 is 15.6. The maximum atomic E-state index is 13.6. The highest BCUT2D eigenvalue weighted by Crippen LogP contribution is 2.27. The van der Waals surface area contributed by atoms with Crippen LogP contribution in [0.4, 0.5) is 4.39 Å². The Hall–Kier alpha value is -3.16. The van der Waals surface area contributed by atoms with Crippen molar-refractivity contribution in [3.63, 3.8) is 0 Å². The molecule has 156 valence electrons. The number of fused-ring (bicyclic) bond motifs is 1. The van der Waals surface area contributed by atoms with Gasteiger partial charge in [0.2, 0.25) is 0 Å². The summed E-state index contributed by atoms with van der Waals surface area (Å²) >= 11 is 7.65. The second kappa shape index (κ2) is 9.76. The van der Waals surface area contributed by atoms with Crippen molar-refractivity contribution in [3.8, 4) is 0 Å². The summed E-state index contributed by atoms with van der Waals surface area (Å²) in [6.45, 7) is 0.537. The van der Waals surface area contributed by atoms with Gasteiger partial charge in [-0.2, -0.15) is 5.10 Å². The maximum absolute atomic E-state index is 13.6. The molecule has 4 aromatic rings. The minimum absolute atomic E-state index is 0.112. The number of halogens is 2. The van der Waals surface area contributed by atoms with E-state index in [4.69, 9.17) is 11.6 Å².